The highest BCUT2D eigenvalue weighted by atomic mass is 16.5. The largest absolute Gasteiger partial charge is 0.505 e. The number of aromatic hydroxyl groups is 1. The number of rotatable bonds is 2. The number of aromatic nitrogens is 1. The normalized spacial score (nSPS) is 10.7. The number of pyridine rings is 1. The molecule has 1 N–H and O–H groups in total. The van der Waals surface area contributed by atoms with E-state index in [1.165, 1.54) is 13.3 Å². The third kappa shape index (κ3) is 1.89. The minimum absolute atomic E-state index is 0.125. The molecule has 0 saturated heterocycles. The van der Waals surface area contributed by atoms with Gasteiger partial charge in [0.25, 0.3) is 0 Å². The Hall–Kier alpha value is -2.82. The number of esters is 1. The second-order valence-electron chi connectivity index (χ2n) is 4.20. The van der Waals surface area contributed by atoms with Gasteiger partial charge in [-0.15, -0.1) is 0 Å². The van der Waals surface area contributed by atoms with Crippen LogP contribution >= 0.6 is 0 Å². The molecule has 0 atom stereocenters. The minimum Gasteiger partial charge on any atom is -0.505 e. The highest BCUT2D eigenvalue weighted by Crippen LogP contribution is 2.34. The Morgan fingerprint density at radius 2 is 2.05 bits per heavy atom. The summed E-state index contributed by atoms with van der Waals surface area (Å²) in [5.74, 6) is -0.327. The number of carbonyl (C=O) groups is 1. The van der Waals surface area contributed by atoms with Gasteiger partial charge in [-0.25, -0.2) is 9.78 Å². The van der Waals surface area contributed by atoms with Crippen LogP contribution in [-0.4, -0.2) is 23.2 Å². The van der Waals surface area contributed by atoms with Crippen LogP contribution in [0.1, 0.15) is 10.5 Å². The summed E-state index contributed by atoms with van der Waals surface area (Å²) in [6.07, 6.45) is 1.40. The molecule has 0 aliphatic carbocycles. The first-order chi connectivity index (χ1) is 9.70. The zero-order chi connectivity index (χ0) is 14.1. The average Bonchev–Trinajstić information content (AvgIpc) is 2.93. The predicted octanol–water partition coefficient (Wildman–Crippen LogP) is 2.99. The number of hydrogen-bond acceptors (Lipinski definition) is 5. The summed E-state index contributed by atoms with van der Waals surface area (Å²) in [7, 11) is 1.23. The van der Waals surface area contributed by atoms with Crippen molar-refractivity contribution in [3.05, 3.63) is 48.3 Å². The second-order valence-corrected chi connectivity index (χ2v) is 4.20. The van der Waals surface area contributed by atoms with Crippen molar-refractivity contribution in [3.63, 3.8) is 0 Å². The van der Waals surface area contributed by atoms with Gasteiger partial charge in [0, 0.05) is 5.56 Å². The number of furan rings is 1. The van der Waals surface area contributed by atoms with E-state index in [2.05, 4.69) is 9.72 Å². The van der Waals surface area contributed by atoms with Crippen molar-refractivity contribution in [3.8, 4) is 17.1 Å². The fourth-order valence-corrected chi connectivity index (χ4v) is 1.99. The number of hydrogen-bond donors (Lipinski definition) is 1. The second kappa shape index (κ2) is 4.70. The fraction of sp³-hybridized carbons (Fsp3) is 0.0667. The Bertz CT molecular complexity index is 777. The topological polar surface area (TPSA) is 72.6 Å². The molecule has 20 heavy (non-hydrogen) atoms. The molecule has 3 aromatic rings. The summed E-state index contributed by atoms with van der Waals surface area (Å²) < 4.78 is 10.2. The molecular formula is C15H11NO4. The molecule has 3 rings (SSSR count). The molecular weight excluding hydrogens is 258 g/mol. The van der Waals surface area contributed by atoms with E-state index in [4.69, 9.17) is 4.42 Å². The SMILES string of the molecule is COC(=O)c1ncc2oc(-c3ccccc3)cc2c1O. The number of fused-ring (bicyclic) bond motifs is 1. The summed E-state index contributed by atoms with van der Waals surface area (Å²) >= 11 is 0. The molecule has 2 aromatic heterocycles. The van der Waals surface area contributed by atoms with Crippen molar-refractivity contribution >= 4 is 16.9 Å². The van der Waals surface area contributed by atoms with E-state index in [-0.39, 0.29) is 11.4 Å². The number of ether oxygens (including phenoxy) is 1. The van der Waals surface area contributed by atoms with Crippen molar-refractivity contribution in [2.45, 2.75) is 0 Å². The van der Waals surface area contributed by atoms with E-state index in [0.29, 0.717) is 16.7 Å². The molecule has 0 fully saturated rings. The summed E-state index contributed by atoms with van der Waals surface area (Å²) in [6.45, 7) is 0. The van der Waals surface area contributed by atoms with Gasteiger partial charge in [-0.1, -0.05) is 30.3 Å². The van der Waals surface area contributed by atoms with Crippen molar-refractivity contribution < 1.29 is 19.1 Å². The molecule has 0 bridgehead atoms. The van der Waals surface area contributed by atoms with Crippen LogP contribution < -0.4 is 0 Å². The first kappa shape index (κ1) is 12.2. The van der Waals surface area contributed by atoms with Crippen LogP contribution in [0.25, 0.3) is 22.3 Å². The summed E-state index contributed by atoms with van der Waals surface area (Å²) in [6, 6.07) is 11.1. The van der Waals surface area contributed by atoms with Gasteiger partial charge in [0.1, 0.15) is 5.76 Å². The molecule has 5 heteroatoms. The zero-order valence-electron chi connectivity index (χ0n) is 10.7. The maximum absolute atomic E-state index is 11.5. The lowest BCUT2D eigenvalue weighted by Gasteiger charge is -2.00. The number of methoxy groups -OCH3 is 1. The van der Waals surface area contributed by atoms with Crippen LogP contribution in [0, 0.1) is 0 Å². The highest BCUT2D eigenvalue weighted by Gasteiger charge is 2.19. The van der Waals surface area contributed by atoms with Crippen molar-refractivity contribution in [2.75, 3.05) is 7.11 Å². The van der Waals surface area contributed by atoms with Crippen molar-refractivity contribution in [1.82, 2.24) is 4.98 Å². The van der Waals surface area contributed by atoms with E-state index >= 15 is 0 Å². The van der Waals surface area contributed by atoms with E-state index in [1.54, 1.807) is 6.07 Å². The van der Waals surface area contributed by atoms with Crippen LogP contribution in [-0.2, 0) is 4.74 Å². The molecule has 0 amide bonds. The third-order valence-electron chi connectivity index (χ3n) is 2.99. The Kier molecular flexibility index (Phi) is 2.87. The van der Waals surface area contributed by atoms with Crippen molar-refractivity contribution in [1.29, 1.82) is 0 Å². The lowest BCUT2D eigenvalue weighted by molar-refractivity contribution is 0.0591. The van der Waals surface area contributed by atoms with Gasteiger partial charge in [0.05, 0.1) is 18.7 Å². The Labute approximate surface area is 114 Å². The van der Waals surface area contributed by atoms with Crippen LogP contribution in [0.5, 0.6) is 5.75 Å². The number of benzene rings is 1. The van der Waals surface area contributed by atoms with Gasteiger partial charge in [-0.05, 0) is 6.07 Å². The number of carbonyl (C=O) groups excluding carboxylic acids is 1. The van der Waals surface area contributed by atoms with Gasteiger partial charge in [-0.2, -0.15) is 0 Å². The van der Waals surface area contributed by atoms with Crippen molar-refractivity contribution in [2.24, 2.45) is 0 Å². The Morgan fingerprint density at radius 1 is 1.30 bits per heavy atom. The fourth-order valence-electron chi connectivity index (χ4n) is 1.99. The lowest BCUT2D eigenvalue weighted by Crippen LogP contribution is -2.04. The summed E-state index contributed by atoms with van der Waals surface area (Å²) in [5.41, 5.74) is 1.16. The quantitative estimate of drug-likeness (QED) is 0.724. The standard InChI is InChI=1S/C15H11NO4/c1-19-15(18)13-14(17)10-7-11(20-12(10)8-16-13)9-5-3-2-4-6-9/h2-8,17H,1H3. The van der Waals surface area contributed by atoms with Crippen LogP contribution in [0.4, 0.5) is 0 Å². The van der Waals surface area contributed by atoms with E-state index in [1.807, 2.05) is 30.3 Å². The van der Waals surface area contributed by atoms with Gasteiger partial charge < -0.3 is 14.3 Å². The first-order valence-corrected chi connectivity index (χ1v) is 5.96. The molecule has 0 saturated carbocycles. The Morgan fingerprint density at radius 3 is 2.75 bits per heavy atom. The predicted molar refractivity (Wildman–Crippen MR) is 72.4 cm³/mol. The maximum atomic E-state index is 11.5. The maximum Gasteiger partial charge on any atom is 0.360 e. The third-order valence-corrected chi connectivity index (χ3v) is 2.99. The molecule has 1 aromatic carbocycles. The van der Waals surface area contributed by atoms with E-state index < -0.39 is 5.97 Å². The molecule has 0 radical (unpaired) electrons. The van der Waals surface area contributed by atoms with E-state index in [0.717, 1.165) is 5.56 Å². The molecule has 0 spiro atoms. The molecule has 0 unspecified atom stereocenters. The summed E-state index contributed by atoms with van der Waals surface area (Å²) in [4.78, 5) is 15.3. The van der Waals surface area contributed by atoms with Gasteiger partial charge in [0.2, 0.25) is 0 Å². The number of nitrogens with zero attached hydrogens (tertiary/aromatic N) is 1. The van der Waals surface area contributed by atoms with Gasteiger partial charge >= 0.3 is 5.97 Å². The molecule has 100 valence electrons. The molecule has 0 aliphatic rings. The lowest BCUT2D eigenvalue weighted by atomic mass is 10.1. The molecule has 5 nitrogen and oxygen atoms in total. The average molecular weight is 269 g/mol. The first-order valence-electron chi connectivity index (χ1n) is 5.96. The van der Waals surface area contributed by atoms with Gasteiger partial charge in [0.15, 0.2) is 17.0 Å². The molecule has 0 aliphatic heterocycles. The van der Waals surface area contributed by atoms with E-state index in [9.17, 15) is 9.90 Å². The van der Waals surface area contributed by atoms with Crippen LogP contribution in [0.3, 0.4) is 0 Å². The Balaban J connectivity index is 2.17. The summed E-state index contributed by atoms with van der Waals surface area (Å²) in [5, 5.41) is 10.5. The van der Waals surface area contributed by atoms with Crippen LogP contribution in [0.15, 0.2) is 47.0 Å². The highest BCUT2D eigenvalue weighted by molar-refractivity contribution is 5.98. The minimum atomic E-state index is -0.688. The van der Waals surface area contributed by atoms with Gasteiger partial charge in [-0.3, -0.25) is 0 Å². The van der Waals surface area contributed by atoms with Crippen LogP contribution in [0.2, 0.25) is 0 Å². The monoisotopic (exact) mass is 269 g/mol. The smallest absolute Gasteiger partial charge is 0.360 e. The zero-order valence-corrected chi connectivity index (χ0v) is 10.7. The molecule has 2 heterocycles.